The zero-order valence-electron chi connectivity index (χ0n) is 19.6. The molecule has 0 spiro atoms. The first-order valence-corrected chi connectivity index (χ1v) is 15.3. The highest BCUT2D eigenvalue weighted by molar-refractivity contribution is 6.76. The highest BCUT2D eigenvalue weighted by Gasteiger charge is 2.26. The highest BCUT2D eigenvalue weighted by atomic mass is 28.3. The van der Waals surface area contributed by atoms with Gasteiger partial charge >= 0.3 is 5.69 Å². The van der Waals surface area contributed by atoms with Crippen molar-refractivity contribution >= 4 is 30.0 Å². The predicted molar refractivity (Wildman–Crippen MR) is 131 cm³/mol. The van der Waals surface area contributed by atoms with Gasteiger partial charge < -0.3 is 14.6 Å². The summed E-state index contributed by atoms with van der Waals surface area (Å²) in [5.74, 6) is 0. The maximum absolute atomic E-state index is 13.7. The van der Waals surface area contributed by atoms with Crippen molar-refractivity contribution in [2.75, 3.05) is 26.2 Å². The van der Waals surface area contributed by atoms with Gasteiger partial charge in [0.1, 0.15) is 12.4 Å². The summed E-state index contributed by atoms with van der Waals surface area (Å²) in [4.78, 5) is 36.7. The molecule has 0 atom stereocenters. The standard InChI is InChI=1S/C23H32N6O3Si/c1-33(2,3)14-13-32-16-28-22(30)19-15-26-21-18(5-9-25-21)20(19)29(23(28)31)17-6-11-27(12-7-17)10-4-8-24/h5,9,15,17H,4,6-7,10-14,16H2,1-3H3,(H,25,26). The summed E-state index contributed by atoms with van der Waals surface area (Å²) in [5.41, 5.74) is 0.613. The molecule has 10 heteroatoms. The van der Waals surface area contributed by atoms with E-state index in [1.165, 1.54) is 4.57 Å². The number of rotatable bonds is 8. The third-order valence-corrected chi connectivity index (χ3v) is 8.09. The van der Waals surface area contributed by atoms with Crippen LogP contribution in [0.4, 0.5) is 0 Å². The van der Waals surface area contributed by atoms with Gasteiger partial charge in [-0.1, -0.05) is 19.6 Å². The zero-order chi connectivity index (χ0) is 23.6. The van der Waals surface area contributed by atoms with Crippen LogP contribution in [0.5, 0.6) is 0 Å². The molecule has 0 saturated carbocycles. The van der Waals surface area contributed by atoms with Crippen molar-refractivity contribution in [3.05, 3.63) is 39.3 Å². The summed E-state index contributed by atoms with van der Waals surface area (Å²) < 4.78 is 8.81. The van der Waals surface area contributed by atoms with Crippen LogP contribution in [0.2, 0.25) is 25.7 Å². The summed E-state index contributed by atoms with van der Waals surface area (Å²) in [6, 6.07) is 5.00. The Morgan fingerprint density at radius 1 is 1.24 bits per heavy atom. The van der Waals surface area contributed by atoms with E-state index in [-0.39, 0.29) is 24.0 Å². The minimum absolute atomic E-state index is 0.0346. The molecule has 176 valence electrons. The van der Waals surface area contributed by atoms with Gasteiger partial charge in [-0.15, -0.1) is 0 Å². The van der Waals surface area contributed by atoms with Gasteiger partial charge in [-0.3, -0.25) is 9.36 Å². The van der Waals surface area contributed by atoms with Crippen LogP contribution in [-0.2, 0) is 11.5 Å². The van der Waals surface area contributed by atoms with Crippen molar-refractivity contribution in [3.8, 4) is 6.07 Å². The van der Waals surface area contributed by atoms with Crippen molar-refractivity contribution in [3.63, 3.8) is 0 Å². The summed E-state index contributed by atoms with van der Waals surface area (Å²) in [6.45, 7) is 9.65. The lowest BCUT2D eigenvalue weighted by Gasteiger charge is -2.33. The smallest absolute Gasteiger partial charge is 0.333 e. The number of likely N-dealkylation sites (tertiary alicyclic amines) is 1. The highest BCUT2D eigenvalue weighted by Crippen LogP contribution is 2.27. The molecular weight excluding hydrogens is 436 g/mol. The fourth-order valence-electron chi connectivity index (χ4n) is 4.46. The zero-order valence-corrected chi connectivity index (χ0v) is 20.6. The summed E-state index contributed by atoms with van der Waals surface area (Å²) in [6.07, 6.45) is 5.41. The fourth-order valence-corrected chi connectivity index (χ4v) is 5.22. The Balaban J connectivity index is 1.74. The number of pyridine rings is 1. The van der Waals surface area contributed by atoms with Gasteiger partial charge in [0.25, 0.3) is 5.56 Å². The number of piperidine rings is 1. The van der Waals surface area contributed by atoms with Crippen LogP contribution in [-0.4, -0.2) is 58.3 Å². The average molecular weight is 469 g/mol. The van der Waals surface area contributed by atoms with Crippen molar-refractivity contribution in [1.29, 1.82) is 5.26 Å². The monoisotopic (exact) mass is 468 g/mol. The fraction of sp³-hybridized carbons (Fsp3) is 0.565. The molecule has 0 unspecified atom stereocenters. The molecule has 0 bridgehead atoms. The van der Waals surface area contributed by atoms with Gasteiger partial charge in [0.15, 0.2) is 0 Å². The number of hydrogen-bond acceptors (Lipinski definition) is 6. The van der Waals surface area contributed by atoms with Crippen LogP contribution in [0, 0.1) is 11.3 Å². The Morgan fingerprint density at radius 2 is 2.00 bits per heavy atom. The lowest BCUT2D eigenvalue weighted by atomic mass is 10.0. The van der Waals surface area contributed by atoms with E-state index in [2.05, 4.69) is 40.6 Å². The SMILES string of the molecule is C[Si](C)(C)CCOCn1c(=O)c2cnc3[nH]ccc3c2n(C2CCN(CCC#N)CC2)c1=O. The summed E-state index contributed by atoms with van der Waals surface area (Å²) in [5, 5.41) is 10.1. The first kappa shape index (κ1) is 23.4. The number of nitrogens with zero attached hydrogens (tertiary/aromatic N) is 5. The first-order valence-electron chi connectivity index (χ1n) is 11.6. The van der Waals surface area contributed by atoms with E-state index in [0.29, 0.717) is 29.6 Å². The molecule has 1 N–H and O–H groups in total. The molecule has 1 fully saturated rings. The maximum Gasteiger partial charge on any atom is 0.333 e. The number of H-pyrrole nitrogens is 1. The molecule has 0 aliphatic carbocycles. The predicted octanol–water partition coefficient (Wildman–Crippen LogP) is 2.90. The molecule has 9 nitrogen and oxygen atoms in total. The Hall–Kier alpha value is -2.74. The largest absolute Gasteiger partial charge is 0.361 e. The molecule has 0 amide bonds. The number of aromatic nitrogens is 4. The van der Waals surface area contributed by atoms with E-state index in [9.17, 15) is 9.59 Å². The molecule has 4 rings (SSSR count). The van der Waals surface area contributed by atoms with Gasteiger partial charge in [0.2, 0.25) is 0 Å². The van der Waals surface area contributed by atoms with Crippen molar-refractivity contribution in [2.45, 2.75) is 57.7 Å². The number of nitriles is 1. The van der Waals surface area contributed by atoms with Gasteiger partial charge in [-0.25, -0.2) is 14.3 Å². The third-order valence-electron chi connectivity index (χ3n) is 6.39. The van der Waals surface area contributed by atoms with Gasteiger partial charge in [-0.2, -0.15) is 5.26 Å². The topological polar surface area (TPSA) is 109 Å². The molecule has 1 saturated heterocycles. The Labute approximate surface area is 193 Å². The third kappa shape index (κ3) is 4.95. The van der Waals surface area contributed by atoms with Crippen LogP contribution in [0.1, 0.15) is 25.3 Å². The normalized spacial score (nSPS) is 15.9. The molecular formula is C23H32N6O3Si. The second kappa shape index (κ2) is 9.63. The second-order valence-electron chi connectivity index (χ2n) is 9.98. The van der Waals surface area contributed by atoms with E-state index in [1.807, 2.05) is 6.07 Å². The quantitative estimate of drug-likeness (QED) is 0.402. The van der Waals surface area contributed by atoms with Crippen molar-refractivity contribution in [2.24, 2.45) is 0 Å². The van der Waals surface area contributed by atoms with Crippen LogP contribution in [0.25, 0.3) is 21.9 Å². The Bertz CT molecular complexity index is 1290. The van der Waals surface area contributed by atoms with E-state index in [1.54, 1.807) is 17.0 Å². The van der Waals surface area contributed by atoms with Crippen LogP contribution in [0.3, 0.4) is 0 Å². The number of fused-ring (bicyclic) bond motifs is 3. The molecule has 4 heterocycles. The first-order chi connectivity index (χ1) is 15.8. The van der Waals surface area contributed by atoms with E-state index in [4.69, 9.17) is 10.00 Å². The molecule has 3 aromatic heterocycles. The van der Waals surface area contributed by atoms with Crippen LogP contribution >= 0.6 is 0 Å². The van der Waals surface area contributed by atoms with Crippen molar-refractivity contribution in [1.82, 2.24) is 24.0 Å². The minimum atomic E-state index is -1.28. The Kier molecular flexibility index (Phi) is 6.83. The number of nitrogens with one attached hydrogen (secondary N) is 1. The van der Waals surface area contributed by atoms with Crippen LogP contribution < -0.4 is 11.2 Å². The summed E-state index contributed by atoms with van der Waals surface area (Å²) >= 11 is 0. The van der Waals surface area contributed by atoms with Gasteiger partial charge in [0, 0.05) is 64.6 Å². The minimum Gasteiger partial charge on any atom is -0.361 e. The van der Waals surface area contributed by atoms with Gasteiger partial charge in [0.05, 0.1) is 17.0 Å². The molecule has 1 aliphatic rings. The molecule has 0 aromatic carbocycles. The van der Waals surface area contributed by atoms with Gasteiger partial charge in [-0.05, 0) is 25.0 Å². The van der Waals surface area contributed by atoms with E-state index < -0.39 is 8.07 Å². The molecule has 0 radical (unpaired) electrons. The number of aromatic amines is 1. The second-order valence-corrected chi connectivity index (χ2v) is 15.6. The molecule has 3 aromatic rings. The lowest BCUT2D eigenvalue weighted by Crippen LogP contribution is -2.45. The number of ether oxygens (including phenoxy) is 1. The van der Waals surface area contributed by atoms with Crippen LogP contribution in [0.15, 0.2) is 28.0 Å². The lowest BCUT2D eigenvalue weighted by molar-refractivity contribution is 0.0798. The van der Waals surface area contributed by atoms with E-state index >= 15 is 0 Å². The van der Waals surface area contributed by atoms with Crippen molar-refractivity contribution < 1.29 is 4.74 Å². The summed E-state index contributed by atoms with van der Waals surface area (Å²) in [7, 11) is -1.28. The number of hydrogen-bond donors (Lipinski definition) is 1. The maximum atomic E-state index is 13.7. The Morgan fingerprint density at radius 3 is 2.70 bits per heavy atom. The van der Waals surface area contributed by atoms with E-state index in [0.717, 1.165) is 43.9 Å². The molecule has 33 heavy (non-hydrogen) atoms. The molecule has 1 aliphatic heterocycles. The average Bonchev–Trinajstić information content (AvgIpc) is 3.26.